The maximum Gasteiger partial charge on any atom is 0.404 e. The van der Waals surface area contributed by atoms with E-state index in [9.17, 15) is 13.2 Å². The van der Waals surface area contributed by atoms with Crippen molar-refractivity contribution in [3.63, 3.8) is 0 Å². The first-order chi connectivity index (χ1) is 7.49. The van der Waals surface area contributed by atoms with Crippen molar-refractivity contribution in [1.82, 2.24) is 5.32 Å². The van der Waals surface area contributed by atoms with Gasteiger partial charge in [0.2, 0.25) is 0 Å². The first kappa shape index (κ1) is 12.8. The highest BCUT2D eigenvalue weighted by molar-refractivity contribution is 5.34. The first-order valence-corrected chi connectivity index (χ1v) is 4.85. The second kappa shape index (κ2) is 5.21. The number of para-hydroxylation sites is 1. The van der Waals surface area contributed by atoms with Crippen LogP contribution < -0.4 is 10.1 Å². The Morgan fingerprint density at radius 2 is 1.94 bits per heavy atom. The number of nitrogens with one attached hydrogen (secondary N) is 1. The van der Waals surface area contributed by atoms with Crippen LogP contribution in [0.25, 0.3) is 0 Å². The molecular formula is C11H14F3NO. The van der Waals surface area contributed by atoms with Crippen LogP contribution in [-0.4, -0.2) is 26.4 Å². The summed E-state index contributed by atoms with van der Waals surface area (Å²) in [6.45, 7) is 0. The van der Waals surface area contributed by atoms with Crippen LogP contribution in [0.4, 0.5) is 13.2 Å². The summed E-state index contributed by atoms with van der Waals surface area (Å²) in [6, 6.07) is 5.15. The fourth-order valence-electron chi connectivity index (χ4n) is 1.47. The monoisotopic (exact) mass is 233 g/mol. The number of alkyl halides is 3. The van der Waals surface area contributed by atoms with Crippen molar-refractivity contribution in [2.45, 2.75) is 18.6 Å². The van der Waals surface area contributed by atoms with Crippen molar-refractivity contribution >= 4 is 0 Å². The van der Waals surface area contributed by atoms with Crippen LogP contribution in [0, 0.1) is 0 Å². The maximum atomic E-state index is 12.5. The highest BCUT2D eigenvalue weighted by atomic mass is 19.4. The average Bonchev–Trinajstić information content (AvgIpc) is 2.24. The Hall–Kier alpha value is -1.23. The van der Waals surface area contributed by atoms with Gasteiger partial charge in [-0.25, -0.2) is 0 Å². The van der Waals surface area contributed by atoms with Gasteiger partial charge in [-0.15, -0.1) is 0 Å². The molecule has 0 aromatic heterocycles. The molecule has 1 rings (SSSR count). The molecule has 5 heteroatoms. The Bertz CT molecular complexity index is 338. The number of rotatable bonds is 4. The van der Waals surface area contributed by atoms with Crippen molar-refractivity contribution in [3.05, 3.63) is 29.8 Å². The number of hydrogen-bond acceptors (Lipinski definition) is 2. The van der Waals surface area contributed by atoms with E-state index in [1.807, 2.05) is 0 Å². The van der Waals surface area contributed by atoms with Crippen molar-refractivity contribution in [3.8, 4) is 5.75 Å². The molecule has 1 atom stereocenters. The molecule has 90 valence electrons. The predicted molar refractivity (Wildman–Crippen MR) is 55.6 cm³/mol. The number of methoxy groups -OCH3 is 1. The molecular weight excluding hydrogens is 219 g/mol. The van der Waals surface area contributed by atoms with Gasteiger partial charge in [-0.05, 0) is 18.7 Å². The van der Waals surface area contributed by atoms with Crippen LogP contribution in [0.15, 0.2) is 24.3 Å². The molecule has 0 amide bonds. The van der Waals surface area contributed by atoms with Crippen molar-refractivity contribution < 1.29 is 17.9 Å². The molecule has 0 saturated heterocycles. The molecule has 1 aromatic rings. The minimum Gasteiger partial charge on any atom is -0.496 e. The largest absolute Gasteiger partial charge is 0.496 e. The molecule has 0 aliphatic heterocycles. The van der Waals surface area contributed by atoms with Crippen molar-refractivity contribution in [1.29, 1.82) is 0 Å². The molecule has 0 aliphatic carbocycles. The van der Waals surface area contributed by atoms with Crippen LogP contribution >= 0.6 is 0 Å². The van der Waals surface area contributed by atoms with Crippen LogP contribution in [0.1, 0.15) is 5.56 Å². The molecule has 1 unspecified atom stereocenters. The third-order valence-corrected chi connectivity index (χ3v) is 2.36. The molecule has 0 fully saturated rings. The maximum absolute atomic E-state index is 12.5. The number of halogens is 3. The van der Waals surface area contributed by atoms with Crippen LogP contribution in [0.2, 0.25) is 0 Å². The molecule has 0 heterocycles. The Morgan fingerprint density at radius 3 is 2.44 bits per heavy atom. The van der Waals surface area contributed by atoms with Crippen LogP contribution in [0.3, 0.4) is 0 Å². The van der Waals surface area contributed by atoms with E-state index in [2.05, 4.69) is 5.32 Å². The summed E-state index contributed by atoms with van der Waals surface area (Å²) >= 11 is 0. The summed E-state index contributed by atoms with van der Waals surface area (Å²) in [5, 5.41) is 2.26. The van der Waals surface area contributed by atoms with Gasteiger partial charge in [0.25, 0.3) is 0 Å². The quantitative estimate of drug-likeness (QED) is 0.862. The molecule has 0 aliphatic rings. The molecule has 1 aromatic carbocycles. The van der Waals surface area contributed by atoms with E-state index in [4.69, 9.17) is 4.74 Å². The zero-order valence-corrected chi connectivity index (χ0v) is 9.14. The fraction of sp³-hybridized carbons (Fsp3) is 0.455. The van der Waals surface area contributed by atoms with E-state index in [1.54, 1.807) is 24.3 Å². The second-order valence-electron chi connectivity index (χ2n) is 3.40. The second-order valence-corrected chi connectivity index (χ2v) is 3.40. The standard InChI is InChI=1S/C11H14F3NO/c1-15-10(11(12,13)14)7-8-5-3-4-6-9(8)16-2/h3-6,10,15H,7H2,1-2H3. The summed E-state index contributed by atoms with van der Waals surface area (Å²) in [6.07, 6.45) is -4.39. The summed E-state index contributed by atoms with van der Waals surface area (Å²) in [4.78, 5) is 0. The minimum absolute atomic E-state index is 0.135. The Kier molecular flexibility index (Phi) is 4.18. The minimum atomic E-state index is -4.25. The van der Waals surface area contributed by atoms with Gasteiger partial charge in [0, 0.05) is 6.42 Å². The third-order valence-electron chi connectivity index (χ3n) is 2.36. The van der Waals surface area contributed by atoms with Crippen molar-refractivity contribution in [2.24, 2.45) is 0 Å². The lowest BCUT2D eigenvalue weighted by Crippen LogP contribution is -2.41. The molecule has 1 N–H and O–H groups in total. The van der Waals surface area contributed by atoms with E-state index < -0.39 is 12.2 Å². The summed E-state index contributed by atoms with van der Waals surface area (Å²) in [7, 11) is 2.74. The Labute approximate surface area is 92.4 Å². The first-order valence-electron chi connectivity index (χ1n) is 4.85. The van der Waals surface area contributed by atoms with Crippen LogP contribution in [0.5, 0.6) is 5.75 Å². The topological polar surface area (TPSA) is 21.3 Å². The summed E-state index contributed by atoms with van der Waals surface area (Å²) in [5.41, 5.74) is 0.543. The number of hydrogen-bond donors (Lipinski definition) is 1. The number of likely N-dealkylation sites (N-methyl/N-ethyl adjacent to an activating group) is 1. The van der Waals surface area contributed by atoms with Gasteiger partial charge >= 0.3 is 6.18 Å². The fourth-order valence-corrected chi connectivity index (χ4v) is 1.47. The van der Waals surface area contributed by atoms with Gasteiger partial charge in [0.1, 0.15) is 11.8 Å². The summed E-state index contributed by atoms with van der Waals surface area (Å²) in [5.74, 6) is 0.479. The molecule has 2 nitrogen and oxygen atoms in total. The highest BCUT2D eigenvalue weighted by Gasteiger charge is 2.38. The normalized spacial score (nSPS) is 13.6. The van der Waals surface area contributed by atoms with Crippen molar-refractivity contribution in [2.75, 3.05) is 14.2 Å². The summed E-state index contributed by atoms with van der Waals surface area (Å²) < 4.78 is 42.6. The Balaban J connectivity index is 2.86. The van der Waals surface area contributed by atoms with Gasteiger partial charge in [-0.3, -0.25) is 0 Å². The molecule has 0 spiro atoms. The average molecular weight is 233 g/mol. The van der Waals surface area contributed by atoms with E-state index in [1.165, 1.54) is 14.2 Å². The van der Waals surface area contributed by atoms with Crippen LogP contribution in [-0.2, 0) is 6.42 Å². The zero-order valence-electron chi connectivity index (χ0n) is 9.14. The molecule has 16 heavy (non-hydrogen) atoms. The SMILES string of the molecule is CNC(Cc1ccccc1OC)C(F)(F)F. The lowest BCUT2D eigenvalue weighted by atomic mass is 10.0. The number of ether oxygens (including phenoxy) is 1. The van der Waals surface area contributed by atoms with Gasteiger partial charge in [0.05, 0.1) is 7.11 Å². The molecule has 0 radical (unpaired) electrons. The van der Waals surface area contributed by atoms with Gasteiger partial charge in [-0.2, -0.15) is 13.2 Å². The lowest BCUT2D eigenvalue weighted by molar-refractivity contribution is -0.154. The number of benzene rings is 1. The lowest BCUT2D eigenvalue weighted by Gasteiger charge is -2.20. The van der Waals surface area contributed by atoms with E-state index >= 15 is 0 Å². The molecule has 0 saturated carbocycles. The van der Waals surface area contributed by atoms with E-state index in [0.717, 1.165) is 0 Å². The zero-order chi connectivity index (χ0) is 12.2. The molecule has 0 bridgehead atoms. The van der Waals surface area contributed by atoms with Gasteiger partial charge in [0.15, 0.2) is 0 Å². The van der Waals surface area contributed by atoms with Gasteiger partial charge < -0.3 is 10.1 Å². The van der Waals surface area contributed by atoms with Gasteiger partial charge in [-0.1, -0.05) is 18.2 Å². The van der Waals surface area contributed by atoms with E-state index in [0.29, 0.717) is 11.3 Å². The smallest absolute Gasteiger partial charge is 0.404 e. The highest BCUT2D eigenvalue weighted by Crippen LogP contribution is 2.26. The Morgan fingerprint density at radius 1 is 1.31 bits per heavy atom. The predicted octanol–water partition coefficient (Wildman–Crippen LogP) is 2.39. The third kappa shape index (κ3) is 3.13. The van der Waals surface area contributed by atoms with E-state index in [-0.39, 0.29) is 6.42 Å².